The van der Waals surface area contributed by atoms with Crippen LogP contribution in [0.5, 0.6) is 0 Å². The van der Waals surface area contributed by atoms with Crippen LogP contribution in [0.1, 0.15) is 19.3 Å². The molecule has 0 heterocycles. The fraction of sp³-hybridized carbons (Fsp3) is 0.857. The zero-order chi connectivity index (χ0) is 8.33. The third-order valence-corrected chi connectivity index (χ3v) is 3.61. The highest BCUT2D eigenvalue weighted by Crippen LogP contribution is 2.76. The zero-order valence-corrected chi connectivity index (χ0v) is 7.29. The van der Waals surface area contributed by atoms with Gasteiger partial charge in [0.05, 0.1) is 5.41 Å². The monoisotopic (exact) mass is 221 g/mol. The van der Waals surface area contributed by atoms with Gasteiger partial charge in [0.15, 0.2) is 0 Å². The van der Waals surface area contributed by atoms with Crippen LogP contribution in [0.3, 0.4) is 0 Å². The molecule has 0 unspecified atom stereocenters. The predicted molar refractivity (Wildman–Crippen MR) is 38.5 cm³/mol. The average molecular weight is 222 g/mol. The normalized spacial score (nSPS) is 47.1. The van der Waals surface area contributed by atoms with E-state index in [1.54, 1.807) is 0 Å². The molecule has 2 bridgehead atoms. The molecule has 0 aromatic rings. The van der Waals surface area contributed by atoms with Crippen LogP contribution >= 0.6 is 15.9 Å². The molecule has 0 aromatic carbocycles. The summed E-state index contributed by atoms with van der Waals surface area (Å²) in [5.74, 6) is -3.11. The van der Waals surface area contributed by atoms with E-state index < -0.39 is 11.3 Å². The van der Waals surface area contributed by atoms with E-state index in [9.17, 15) is 8.78 Å². The highest BCUT2D eigenvalue weighted by molar-refractivity contribution is 9.10. The lowest BCUT2D eigenvalue weighted by molar-refractivity contribution is -0.215. The van der Waals surface area contributed by atoms with E-state index in [1.807, 2.05) is 0 Å². The first kappa shape index (κ1) is 7.48. The van der Waals surface area contributed by atoms with E-state index in [2.05, 4.69) is 15.9 Å². The Hall–Kier alpha value is -0.170. The Morgan fingerprint density at radius 1 is 1.36 bits per heavy atom. The van der Waals surface area contributed by atoms with Crippen molar-refractivity contribution in [2.45, 2.75) is 29.5 Å². The van der Waals surface area contributed by atoms with Crippen molar-refractivity contribution in [1.29, 1.82) is 5.26 Å². The molecule has 0 N–H and O–H groups in total. The van der Waals surface area contributed by atoms with E-state index in [1.165, 1.54) is 0 Å². The molecular weight excluding hydrogens is 216 g/mol. The van der Waals surface area contributed by atoms with E-state index >= 15 is 0 Å². The van der Waals surface area contributed by atoms with E-state index in [0.717, 1.165) is 6.07 Å². The molecule has 11 heavy (non-hydrogen) atoms. The second kappa shape index (κ2) is 1.61. The van der Waals surface area contributed by atoms with Crippen molar-refractivity contribution >= 4 is 15.9 Å². The van der Waals surface area contributed by atoms with Gasteiger partial charge in [0.1, 0.15) is 6.07 Å². The molecule has 3 aliphatic rings. The van der Waals surface area contributed by atoms with Gasteiger partial charge in [-0.05, 0) is 19.3 Å². The van der Waals surface area contributed by atoms with Crippen LogP contribution in [0.2, 0.25) is 0 Å². The molecule has 3 fully saturated rings. The van der Waals surface area contributed by atoms with E-state index in [4.69, 9.17) is 5.26 Å². The van der Waals surface area contributed by atoms with Gasteiger partial charge in [-0.1, -0.05) is 15.9 Å². The molecule has 3 aliphatic carbocycles. The molecule has 0 atom stereocenters. The quantitative estimate of drug-likeness (QED) is 0.625. The Kier molecular flexibility index (Phi) is 1.09. The summed E-state index contributed by atoms with van der Waals surface area (Å²) in [5, 5.41) is 8.19. The third kappa shape index (κ3) is 0.677. The van der Waals surface area contributed by atoms with E-state index in [-0.39, 0.29) is 4.32 Å². The molecule has 0 radical (unpaired) electrons. The van der Waals surface area contributed by atoms with Gasteiger partial charge in [-0.25, -0.2) is 0 Å². The Balaban J connectivity index is 2.17. The summed E-state index contributed by atoms with van der Waals surface area (Å²) in [5.41, 5.74) is -0.967. The lowest BCUT2D eigenvalue weighted by atomic mass is 9.42. The van der Waals surface area contributed by atoms with Crippen molar-refractivity contribution in [1.82, 2.24) is 0 Å². The summed E-state index contributed by atoms with van der Waals surface area (Å²) in [6.07, 6.45) is 1.38. The molecular formula is C7H6BrF2N. The molecule has 0 amide bonds. The first-order chi connectivity index (χ1) is 4.93. The summed E-state index contributed by atoms with van der Waals surface area (Å²) in [6.45, 7) is 0. The number of alkyl halides is 3. The minimum atomic E-state index is -3.11. The van der Waals surface area contributed by atoms with Crippen LogP contribution in [-0.2, 0) is 0 Å². The van der Waals surface area contributed by atoms with Gasteiger partial charge in [-0.2, -0.15) is 14.0 Å². The number of hydrogen-bond donors (Lipinski definition) is 0. The van der Waals surface area contributed by atoms with Crippen LogP contribution in [0.4, 0.5) is 8.78 Å². The number of halogens is 3. The maximum Gasteiger partial charge on any atom is 0.337 e. The largest absolute Gasteiger partial charge is 0.337 e. The number of nitrogens with zero attached hydrogens (tertiary/aromatic N) is 1. The van der Waals surface area contributed by atoms with Gasteiger partial charge >= 0.3 is 5.92 Å². The SMILES string of the molecule is N#CC(F)(F)C12CC(Br)(C1)C2. The lowest BCUT2D eigenvalue weighted by Crippen LogP contribution is -2.70. The van der Waals surface area contributed by atoms with Crippen molar-refractivity contribution in [2.75, 3.05) is 0 Å². The van der Waals surface area contributed by atoms with Crippen LogP contribution in [0.25, 0.3) is 0 Å². The molecule has 4 heteroatoms. The Morgan fingerprint density at radius 2 is 1.82 bits per heavy atom. The van der Waals surface area contributed by atoms with Crippen molar-refractivity contribution in [3.8, 4) is 6.07 Å². The average Bonchev–Trinajstić information content (AvgIpc) is 1.79. The van der Waals surface area contributed by atoms with Crippen molar-refractivity contribution in [2.24, 2.45) is 5.41 Å². The molecule has 0 saturated heterocycles. The molecule has 0 aromatic heterocycles. The summed E-state index contributed by atoms with van der Waals surface area (Å²) < 4.78 is 25.6. The second-order valence-corrected chi connectivity index (χ2v) is 5.33. The maximum atomic E-state index is 12.8. The highest BCUT2D eigenvalue weighted by Gasteiger charge is 2.77. The van der Waals surface area contributed by atoms with Gasteiger partial charge in [0.25, 0.3) is 0 Å². The Labute approximate surface area is 71.5 Å². The van der Waals surface area contributed by atoms with Crippen LogP contribution < -0.4 is 0 Å². The van der Waals surface area contributed by atoms with Gasteiger partial charge in [0, 0.05) is 4.32 Å². The molecule has 3 rings (SSSR count). The summed E-state index contributed by atoms with van der Waals surface area (Å²) in [7, 11) is 0. The number of hydrogen-bond acceptors (Lipinski definition) is 1. The number of rotatable bonds is 1. The Morgan fingerprint density at radius 3 is 2.09 bits per heavy atom. The van der Waals surface area contributed by atoms with Crippen molar-refractivity contribution in [3.05, 3.63) is 0 Å². The van der Waals surface area contributed by atoms with Crippen molar-refractivity contribution in [3.63, 3.8) is 0 Å². The van der Waals surface area contributed by atoms with Crippen LogP contribution in [0, 0.1) is 16.7 Å². The second-order valence-electron chi connectivity index (χ2n) is 3.65. The van der Waals surface area contributed by atoms with Gasteiger partial charge in [-0.15, -0.1) is 0 Å². The first-order valence-corrected chi connectivity index (χ1v) is 4.20. The molecule has 3 saturated carbocycles. The van der Waals surface area contributed by atoms with Gasteiger partial charge in [-0.3, -0.25) is 0 Å². The summed E-state index contributed by atoms with van der Waals surface area (Å²) in [4.78, 5) is 0. The Bertz CT molecular complexity index is 236. The standard InChI is InChI=1S/C7H6BrF2N/c8-6-1-5(2-6,3-6)7(9,10)4-11/h1-3H2. The lowest BCUT2D eigenvalue weighted by Gasteiger charge is -2.68. The van der Waals surface area contributed by atoms with Crippen molar-refractivity contribution < 1.29 is 8.78 Å². The first-order valence-electron chi connectivity index (χ1n) is 3.41. The molecule has 60 valence electrons. The molecule has 0 aliphatic heterocycles. The van der Waals surface area contributed by atoms with Gasteiger partial charge in [0.2, 0.25) is 0 Å². The number of nitriles is 1. The zero-order valence-electron chi connectivity index (χ0n) is 5.70. The smallest absolute Gasteiger partial charge is 0.192 e. The van der Waals surface area contributed by atoms with Gasteiger partial charge < -0.3 is 0 Å². The summed E-state index contributed by atoms with van der Waals surface area (Å²) in [6, 6.07) is 1.08. The highest BCUT2D eigenvalue weighted by atomic mass is 79.9. The minimum absolute atomic E-state index is 0.0344. The fourth-order valence-corrected chi connectivity index (χ4v) is 3.73. The molecule has 0 spiro atoms. The topological polar surface area (TPSA) is 23.8 Å². The molecule has 1 nitrogen and oxygen atoms in total. The fourth-order valence-electron chi connectivity index (χ4n) is 2.12. The summed E-state index contributed by atoms with van der Waals surface area (Å²) >= 11 is 3.34. The third-order valence-electron chi connectivity index (χ3n) is 2.77. The predicted octanol–water partition coefficient (Wildman–Crippen LogP) is 2.46. The maximum absolute atomic E-state index is 12.8. The minimum Gasteiger partial charge on any atom is -0.192 e. The van der Waals surface area contributed by atoms with Crippen LogP contribution in [0.15, 0.2) is 0 Å². The van der Waals surface area contributed by atoms with Crippen LogP contribution in [-0.4, -0.2) is 10.2 Å². The van der Waals surface area contributed by atoms with E-state index in [0.29, 0.717) is 19.3 Å².